The third kappa shape index (κ3) is 1.75. The SMILES string of the molecule is C[NH2+]c1ccc([N+](=O)[O-])cc1. The lowest BCUT2D eigenvalue weighted by atomic mass is 10.3. The number of nitrogens with zero attached hydrogens (tertiary/aromatic N) is 1. The van der Waals surface area contributed by atoms with Gasteiger partial charge in [0.15, 0.2) is 0 Å². The molecule has 0 amide bonds. The van der Waals surface area contributed by atoms with Crippen molar-refractivity contribution in [2.24, 2.45) is 0 Å². The van der Waals surface area contributed by atoms with E-state index in [4.69, 9.17) is 0 Å². The minimum Gasteiger partial charge on any atom is -0.316 e. The third-order valence-corrected chi connectivity index (χ3v) is 1.44. The molecule has 0 fully saturated rings. The van der Waals surface area contributed by atoms with Gasteiger partial charge in [-0.2, -0.15) is 0 Å². The second kappa shape index (κ2) is 3.12. The largest absolute Gasteiger partial charge is 0.316 e. The molecule has 0 spiro atoms. The topological polar surface area (TPSA) is 59.8 Å². The van der Waals surface area contributed by atoms with Crippen molar-refractivity contribution >= 4 is 11.4 Å². The fraction of sp³-hybridized carbons (Fsp3) is 0.143. The van der Waals surface area contributed by atoms with Crippen LogP contribution in [0.1, 0.15) is 0 Å². The van der Waals surface area contributed by atoms with Crippen molar-refractivity contribution in [1.82, 2.24) is 0 Å². The van der Waals surface area contributed by atoms with Crippen LogP contribution in [0.15, 0.2) is 24.3 Å². The number of benzene rings is 1. The molecule has 1 aromatic rings. The molecule has 0 heterocycles. The molecule has 0 aromatic heterocycles. The molecule has 0 saturated carbocycles. The van der Waals surface area contributed by atoms with Gasteiger partial charge in [-0.25, -0.2) is 0 Å². The monoisotopic (exact) mass is 153 g/mol. The molecule has 2 N–H and O–H groups in total. The van der Waals surface area contributed by atoms with Gasteiger partial charge in [0, 0.05) is 24.3 Å². The maximum atomic E-state index is 10.2. The molecule has 58 valence electrons. The van der Waals surface area contributed by atoms with Gasteiger partial charge in [-0.1, -0.05) is 0 Å². The maximum Gasteiger partial charge on any atom is 0.269 e. The highest BCUT2D eigenvalue weighted by Crippen LogP contribution is 2.11. The van der Waals surface area contributed by atoms with Crippen LogP contribution in [-0.4, -0.2) is 12.0 Å². The van der Waals surface area contributed by atoms with Crippen LogP contribution in [0.5, 0.6) is 0 Å². The maximum absolute atomic E-state index is 10.2. The summed E-state index contributed by atoms with van der Waals surface area (Å²) in [5.41, 5.74) is 1.13. The van der Waals surface area contributed by atoms with E-state index in [2.05, 4.69) is 0 Å². The first kappa shape index (κ1) is 7.68. The van der Waals surface area contributed by atoms with Crippen LogP contribution in [0.2, 0.25) is 0 Å². The van der Waals surface area contributed by atoms with Crippen LogP contribution < -0.4 is 5.32 Å². The van der Waals surface area contributed by atoms with Crippen LogP contribution in [0.25, 0.3) is 0 Å². The second-order valence-corrected chi connectivity index (χ2v) is 2.14. The summed E-state index contributed by atoms with van der Waals surface area (Å²) in [5, 5.41) is 12.1. The minimum absolute atomic E-state index is 0.135. The van der Waals surface area contributed by atoms with E-state index in [0.29, 0.717) is 0 Å². The van der Waals surface area contributed by atoms with E-state index in [1.165, 1.54) is 12.1 Å². The highest BCUT2D eigenvalue weighted by atomic mass is 16.6. The minimum atomic E-state index is -0.403. The van der Waals surface area contributed by atoms with Crippen LogP contribution in [0.4, 0.5) is 11.4 Å². The van der Waals surface area contributed by atoms with E-state index in [1.54, 1.807) is 12.1 Å². The van der Waals surface area contributed by atoms with Crippen molar-refractivity contribution in [3.63, 3.8) is 0 Å². The predicted molar refractivity (Wildman–Crippen MR) is 40.6 cm³/mol. The Morgan fingerprint density at radius 2 is 1.91 bits per heavy atom. The zero-order chi connectivity index (χ0) is 8.27. The van der Waals surface area contributed by atoms with Gasteiger partial charge in [0.05, 0.1) is 12.0 Å². The van der Waals surface area contributed by atoms with Crippen molar-refractivity contribution in [3.05, 3.63) is 34.4 Å². The summed E-state index contributed by atoms with van der Waals surface area (Å²) in [7, 11) is 1.89. The highest BCUT2D eigenvalue weighted by molar-refractivity contribution is 5.38. The van der Waals surface area contributed by atoms with Gasteiger partial charge in [-0.15, -0.1) is 0 Å². The number of nitro benzene ring substituents is 1. The summed E-state index contributed by atoms with van der Waals surface area (Å²) in [4.78, 5) is 9.79. The standard InChI is InChI=1S/C7H8N2O2/c1-8-6-2-4-7(5-3-6)9(10)11/h2-5,8H,1H3/p+1. The Labute approximate surface area is 64.0 Å². The Morgan fingerprint density at radius 1 is 1.36 bits per heavy atom. The average molecular weight is 153 g/mol. The molecule has 11 heavy (non-hydrogen) atoms. The fourth-order valence-electron chi connectivity index (χ4n) is 0.788. The van der Waals surface area contributed by atoms with Crippen molar-refractivity contribution in [1.29, 1.82) is 0 Å². The highest BCUT2D eigenvalue weighted by Gasteiger charge is 2.03. The lowest BCUT2D eigenvalue weighted by Gasteiger charge is -1.92. The molecule has 1 aromatic carbocycles. The summed E-state index contributed by atoms with van der Waals surface area (Å²) in [5.74, 6) is 0. The molecule has 0 aliphatic rings. The molecular weight excluding hydrogens is 144 g/mol. The van der Waals surface area contributed by atoms with E-state index >= 15 is 0 Å². The van der Waals surface area contributed by atoms with Crippen molar-refractivity contribution < 1.29 is 10.2 Å². The van der Waals surface area contributed by atoms with E-state index in [0.717, 1.165) is 5.69 Å². The number of hydrogen-bond donors (Lipinski definition) is 1. The molecule has 0 bridgehead atoms. The van der Waals surface area contributed by atoms with Gasteiger partial charge in [-0.05, 0) is 0 Å². The Kier molecular flexibility index (Phi) is 2.18. The molecule has 1 rings (SSSR count). The normalized spacial score (nSPS) is 9.55. The van der Waals surface area contributed by atoms with Gasteiger partial charge in [0.1, 0.15) is 5.69 Å². The summed E-state index contributed by atoms with van der Waals surface area (Å²) >= 11 is 0. The number of non-ortho nitro benzene ring substituents is 1. The van der Waals surface area contributed by atoms with Crippen LogP contribution in [0, 0.1) is 10.1 Å². The summed E-state index contributed by atoms with van der Waals surface area (Å²) in [6.45, 7) is 0. The number of rotatable bonds is 2. The number of nitro groups is 1. The van der Waals surface area contributed by atoms with Gasteiger partial charge < -0.3 is 5.32 Å². The van der Waals surface area contributed by atoms with Crippen LogP contribution >= 0.6 is 0 Å². The summed E-state index contributed by atoms with van der Waals surface area (Å²) in [6, 6.07) is 6.43. The zero-order valence-electron chi connectivity index (χ0n) is 6.15. The molecule has 4 heteroatoms. The smallest absolute Gasteiger partial charge is 0.269 e. The van der Waals surface area contributed by atoms with Gasteiger partial charge in [-0.3, -0.25) is 10.1 Å². The Balaban J connectivity index is 2.91. The lowest BCUT2D eigenvalue weighted by molar-refractivity contribution is -0.539. The number of quaternary nitrogens is 1. The molecular formula is C7H9N2O2+. The fourth-order valence-corrected chi connectivity index (χ4v) is 0.788. The van der Waals surface area contributed by atoms with Gasteiger partial charge in [0.2, 0.25) is 0 Å². The molecule has 0 aliphatic heterocycles. The molecule has 0 atom stereocenters. The van der Waals surface area contributed by atoms with E-state index in [-0.39, 0.29) is 5.69 Å². The molecule has 4 nitrogen and oxygen atoms in total. The van der Waals surface area contributed by atoms with Crippen LogP contribution in [0.3, 0.4) is 0 Å². The van der Waals surface area contributed by atoms with Crippen molar-refractivity contribution in [3.8, 4) is 0 Å². The van der Waals surface area contributed by atoms with Crippen LogP contribution in [-0.2, 0) is 0 Å². The third-order valence-electron chi connectivity index (χ3n) is 1.44. The zero-order valence-corrected chi connectivity index (χ0v) is 6.15. The first-order chi connectivity index (χ1) is 5.24. The van der Waals surface area contributed by atoms with E-state index < -0.39 is 4.92 Å². The number of hydrogen-bond acceptors (Lipinski definition) is 2. The average Bonchev–Trinajstić information content (AvgIpc) is 2.05. The van der Waals surface area contributed by atoms with Gasteiger partial charge in [0.25, 0.3) is 5.69 Å². The van der Waals surface area contributed by atoms with Crippen molar-refractivity contribution in [2.75, 3.05) is 7.05 Å². The first-order valence-electron chi connectivity index (χ1n) is 3.28. The van der Waals surface area contributed by atoms with E-state index in [1.807, 2.05) is 12.4 Å². The summed E-state index contributed by atoms with van der Waals surface area (Å²) in [6.07, 6.45) is 0. The molecule has 0 unspecified atom stereocenters. The van der Waals surface area contributed by atoms with Crippen molar-refractivity contribution in [2.45, 2.75) is 0 Å². The molecule has 0 radical (unpaired) electrons. The Bertz CT molecular complexity index is 256. The lowest BCUT2D eigenvalue weighted by Crippen LogP contribution is -2.72. The molecule has 0 aliphatic carbocycles. The Morgan fingerprint density at radius 3 is 2.27 bits per heavy atom. The summed E-state index contributed by atoms with van der Waals surface area (Å²) < 4.78 is 0. The van der Waals surface area contributed by atoms with E-state index in [9.17, 15) is 10.1 Å². The quantitative estimate of drug-likeness (QED) is 0.380. The van der Waals surface area contributed by atoms with Gasteiger partial charge >= 0.3 is 0 Å². The number of nitrogens with two attached hydrogens (primary N) is 1. The predicted octanol–water partition coefficient (Wildman–Crippen LogP) is 0.420. The second-order valence-electron chi connectivity index (χ2n) is 2.14. The molecule has 0 saturated heterocycles. The Hall–Kier alpha value is -1.42. The first-order valence-corrected chi connectivity index (χ1v) is 3.28.